The van der Waals surface area contributed by atoms with Gasteiger partial charge in [-0.25, -0.2) is 4.79 Å². The van der Waals surface area contributed by atoms with Crippen LogP contribution in [0.3, 0.4) is 0 Å². The summed E-state index contributed by atoms with van der Waals surface area (Å²) >= 11 is 0. The summed E-state index contributed by atoms with van der Waals surface area (Å²) in [7, 11) is 0. The van der Waals surface area contributed by atoms with Gasteiger partial charge in [0.05, 0.1) is 6.61 Å². The average Bonchev–Trinajstić information content (AvgIpc) is 3.50. The molecule has 0 bridgehead atoms. The number of allylic oxidation sites excluding steroid dienone is 1. The van der Waals surface area contributed by atoms with Crippen LogP contribution in [0.1, 0.15) is 96.2 Å². The van der Waals surface area contributed by atoms with Crippen molar-refractivity contribution in [3.05, 3.63) is 43.2 Å². The van der Waals surface area contributed by atoms with Crippen LogP contribution in [0.25, 0.3) is 0 Å². The highest BCUT2D eigenvalue weighted by Crippen LogP contribution is 2.52. The standard InChI is InChI=1S/C36H56N4O6/c1-4-7-16-29-30(17-8-5-2)31(29)27-45-36(44)38-23-15-13-11-9-10-12-14-22-37-32(41)20-18-28-19-21-35(46-28)40-25-24-39(26-34(40)43)33(42)6-3/h4,6,19,21,29-31H,1,3,5,7-18,20,22-27H2,2H3,(H,37,41)(H,38,44)/t29-,30+,31-/m0/s1. The van der Waals surface area contributed by atoms with Crippen molar-refractivity contribution < 1.29 is 28.3 Å². The normalized spacial score (nSPS) is 19.1. The molecule has 1 aromatic heterocycles. The van der Waals surface area contributed by atoms with Crippen molar-refractivity contribution in [1.29, 1.82) is 0 Å². The highest BCUT2D eigenvalue weighted by molar-refractivity contribution is 5.98. The van der Waals surface area contributed by atoms with Gasteiger partial charge >= 0.3 is 6.09 Å². The van der Waals surface area contributed by atoms with Gasteiger partial charge in [-0.15, -0.1) is 6.58 Å². The molecule has 2 aliphatic rings. The van der Waals surface area contributed by atoms with Crippen molar-refractivity contribution in [2.75, 3.05) is 44.2 Å². The lowest BCUT2D eigenvalue weighted by Gasteiger charge is -2.32. The molecule has 1 saturated heterocycles. The Labute approximate surface area is 275 Å². The van der Waals surface area contributed by atoms with E-state index < -0.39 is 0 Å². The smallest absolute Gasteiger partial charge is 0.407 e. The van der Waals surface area contributed by atoms with Crippen molar-refractivity contribution in [2.24, 2.45) is 17.8 Å². The van der Waals surface area contributed by atoms with E-state index in [0.717, 1.165) is 57.8 Å². The number of carbonyl (C=O) groups excluding carboxylic acids is 4. The van der Waals surface area contributed by atoms with Crippen molar-refractivity contribution in [3.63, 3.8) is 0 Å². The zero-order chi connectivity index (χ0) is 33.1. The van der Waals surface area contributed by atoms with Crippen LogP contribution in [-0.4, -0.2) is 68.0 Å². The summed E-state index contributed by atoms with van der Waals surface area (Å²) in [5, 5.41) is 5.88. The van der Waals surface area contributed by atoms with Crippen LogP contribution in [0, 0.1) is 17.8 Å². The van der Waals surface area contributed by atoms with Gasteiger partial charge < -0.3 is 24.7 Å². The molecule has 0 unspecified atom stereocenters. The first-order chi connectivity index (χ1) is 22.4. The lowest BCUT2D eigenvalue weighted by atomic mass is 10.1. The van der Waals surface area contributed by atoms with E-state index >= 15 is 0 Å². The van der Waals surface area contributed by atoms with Crippen molar-refractivity contribution in [1.82, 2.24) is 15.5 Å². The molecule has 3 atom stereocenters. The van der Waals surface area contributed by atoms with Crippen LogP contribution in [0.2, 0.25) is 0 Å². The van der Waals surface area contributed by atoms with E-state index in [1.807, 2.05) is 6.08 Å². The van der Waals surface area contributed by atoms with Crippen LogP contribution in [0.4, 0.5) is 10.7 Å². The fourth-order valence-corrected chi connectivity index (χ4v) is 6.35. The van der Waals surface area contributed by atoms with E-state index in [4.69, 9.17) is 9.15 Å². The molecule has 1 aromatic rings. The number of rotatable bonds is 23. The fraction of sp³-hybridized carbons (Fsp3) is 0.667. The number of furan rings is 1. The highest BCUT2D eigenvalue weighted by atomic mass is 16.5. The SMILES string of the molecule is C=CCC[C@H]1[C@@H](CCCC)[C@H]1COC(=O)NCCCCCCCCCNC(=O)CCc1ccc(N2CCN(C(=O)C=C)CC2=O)o1. The molecule has 4 amide bonds. The molecule has 10 nitrogen and oxygen atoms in total. The van der Waals surface area contributed by atoms with Gasteiger partial charge in [-0.05, 0) is 62.0 Å². The predicted octanol–water partition coefficient (Wildman–Crippen LogP) is 6.17. The van der Waals surface area contributed by atoms with Gasteiger partial charge in [0.1, 0.15) is 12.3 Å². The van der Waals surface area contributed by atoms with Gasteiger partial charge in [0, 0.05) is 45.1 Å². The minimum absolute atomic E-state index is 0.00341. The first-order valence-corrected chi connectivity index (χ1v) is 17.5. The molecular formula is C36H56N4O6. The van der Waals surface area contributed by atoms with Gasteiger partial charge in [0.15, 0.2) is 0 Å². The van der Waals surface area contributed by atoms with Crippen molar-refractivity contribution in [2.45, 2.75) is 96.8 Å². The van der Waals surface area contributed by atoms with Gasteiger partial charge in [-0.3, -0.25) is 19.3 Å². The third-order valence-corrected chi connectivity index (χ3v) is 9.17. The lowest BCUT2D eigenvalue weighted by molar-refractivity contribution is -0.133. The number of aryl methyl sites for hydroxylation is 1. The van der Waals surface area contributed by atoms with Crippen molar-refractivity contribution >= 4 is 29.7 Å². The van der Waals surface area contributed by atoms with E-state index in [1.165, 1.54) is 35.1 Å². The Morgan fingerprint density at radius 3 is 2.30 bits per heavy atom. The third kappa shape index (κ3) is 12.7. The van der Waals surface area contributed by atoms with Crippen LogP contribution in [0.5, 0.6) is 0 Å². The first-order valence-electron chi connectivity index (χ1n) is 17.5. The Hall–Kier alpha value is -3.56. The highest BCUT2D eigenvalue weighted by Gasteiger charge is 2.48. The Kier molecular flexibility index (Phi) is 16.5. The summed E-state index contributed by atoms with van der Waals surface area (Å²) < 4.78 is 11.3. The molecule has 2 N–H and O–H groups in total. The zero-order valence-electron chi connectivity index (χ0n) is 27.9. The fourth-order valence-electron chi connectivity index (χ4n) is 6.35. The van der Waals surface area contributed by atoms with Gasteiger partial charge in [0.2, 0.25) is 23.6 Å². The van der Waals surface area contributed by atoms with E-state index in [9.17, 15) is 19.2 Å². The second kappa shape index (κ2) is 20.5. The molecule has 256 valence electrons. The Morgan fingerprint density at radius 2 is 1.63 bits per heavy atom. The van der Waals surface area contributed by atoms with Gasteiger partial charge in [-0.1, -0.05) is 64.5 Å². The van der Waals surface area contributed by atoms with Crippen LogP contribution >= 0.6 is 0 Å². The summed E-state index contributed by atoms with van der Waals surface area (Å²) in [5.74, 6) is 2.52. The Bertz CT molecular complexity index is 1130. The number of hydrogen-bond acceptors (Lipinski definition) is 6. The summed E-state index contributed by atoms with van der Waals surface area (Å²) in [6.45, 7) is 12.1. The molecular weight excluding hydrogens is 584 g/mol. The van der Waals surface area contributed by atoms with Crippen LogP contribution in [0.15, 0.2) is 41.9 Å². The number of hydrogen-bond donors (Lipinski definition) is 2. The number of amides is 4. The monoisotopic (exact) mass is 640 g/mol. The molecule has 1 aliphatic carbocycles. The van der Waals surface area contributed by atoms with E-state index in [0.29, 0.717) is 75.0 Å². The second-order valence-electron chi connectivity index (χ2n) is 12.6. The largest absolute Gasteiger partial charge is 0.449 e. The number of carbonyl (C=O) groups is 4. The molecule has 0 radical (unpaired) electrons. The van der Waals surface area contributed by atoms with Crippen LogP contribution in [-0.2, 0) is 25.5 Å². The van der Waals surface area contributed by atoms with Crippen LogP contribution < -0.4 is 15.5 Å². The Morgan fingerprint density at radius 1 is 0.935 bits per heavy atom. The lowest BCUT2D eigenvalue weighted by Crippen LogP contribution is -2.52. The summed E-state index contributed by atoms with van der Waals surface area (Å²) in [6.07, 6.45) is 17.0. The molecule has 0 spiro atoms. The maximum atomic E-state index is 12.4. The van der Waals surface area contributed by atoms with Gasteiger partial charge in [0.25, 0.3) is 0 Å². The number of ether oxygens (including phenoxy) is 1. The summed E-state index contributed by atoms with van der Waals surface area (Å²) in [4.78, 5) is 51.6. The minimum Gasteiger partial charge on any atom is -0.449 e. The molecule has 2 heterocycles. The summed E-state index contributed by atoms with van der Waals surface area (Å²) in [6, 6.07) is 3.53. The second-order valence-corrected chi connectivity index (χ2v) is 12.6. The zero-order valence-corrected chi connectivity index (χ0v) is 27.9. The maximum absolute atomic E-state index is 12.4. The number of unbranched alkanes of at least 4 members (excludes halogenated alkanes) is 7. The molecule has 10 heteroatoms. The maximum Gasteiger partial charge on any atom is 0.407 e. The molecule has 46 heavy (non-hydrogen) atoms. The topological polar surface area (TPSA) is 121 Å². The molecule has 0 aromatic carbocycles. The number of nitrogens with one attached hydrogen (secondary N) is 2. The van der Waals surface area contributed by atoms with Crippen molar-refractivity contribution in [3.8, 4) is 0 Å². The first kappa shape index (κ1) is 36.9. The number of anilines is 1. The van der Waals surface area contributed by atoms with Gasteiger partial charge in [-0.2, -0.15) is 0 Å². The van der Waals surface area contributed by atoms with E-state index in [1.54, 1.807) is 12.1 Å². The number of nitrogens with zero attached hydrogens (tertiary/aromatic N) is 2. The number of alkyl carbamates (subject to hydrolysis) is 1. The third-order valence-electron chi connectivity index (χ3n) is 9.17. The average molecular weight is 641 g/mol. The minimum atomic E-state index is -0.288. The molecule has 1 aliphatic heterocycles. The Balaban J connectivity index is 1.13. The summed E-state index contributed by atoms with van der Waals surface area (Å²) in [5.41, 5.74) is 0. The molecule has 2 fully saturated rings. The predicted molar refractivity (Wildman–Crippen MR) is 180 cm³/mol. The van der Waals surface area contributed by atoms with E-state index in [2.05, 4.69) is 30.7 Å². The molecule has 3 rings (SSSR count). The quantitative estimate of drug-likeness (QED) is 0.0839. The number of piperazine rings is 1. The van der Waals surface area contributed by atoms with E-state index in [-0.39, 0.29) is 30.4 Å². The molecule has 1 saturated carbocycles.